The standard InChI is InChI=1S/C16H19FN4OS/c1-11-15(23-20-19-11)16(22)18-8-12-6-7-21(9-12)10-13-4-2-3-5-14(13)17/h2-5,12H,6-10H2,1H3,(H,18,22)/t12-/m0/s1. The number of amides is 1. The second-order valence-electron chi connectivity index (χ2n) is 5.88. The fourth-order valence-corrected chi connectivity index (χ4v) is 3.42. The first kappa shape index (κ1) is 16.0. The van der Waals surface area contributed by atoms with Gasteiger partial charge >= 0.3 is 0 Å². The molecule has 0 radical (unpaired) electrons. The van der Waals surface area contributed by atoms with Crippen LogP contribution < -0.4 is 5.32 Å². The van der Waals surface area contributed by atoms with E-state index in [4.69, 9.17) is 0 Å². The monoisotopic (exact) mass is 334 g/mol. The van der Waals surface area contributed by atoms with Gasteiger partial charge in [-0.05, 0) is 43.4 Å². The topological polar surface area (TPSA) is 58.1 Å². The molecule has 0 spiro atoms. The van der Waals surface area contributed by atoms with Gasteiger partial charge in [-0.3, -0.25) is 9.69 Å². The Balaban J connectivity index is 1.48. The van der Waals surface area contributed by atoms with Gasteiger partial charge in [0.25, 0.3) is 5.91 Å². The van der Waals surface area contributed by atoms with Gasteiger partial charge in [-0.2, -0.15) is 0 Å². The molecule has 1 atom stereocenters. The molecular weight excluding hydrogens is 315 g/mol. The minimum Gasteiger partial charge on any atom is -0.351 e. The molecule has 1 amide bonds. The average Bonchev–Trinajstić information content (AvgIpc) is 3.16. The quantitative estimate of drug-likeness (QED) is 0.911. The summed E-state index contributed by atoms with van der Waals surface area (Å²) in [5, 5.41) is 6.80. The van der Waals surface area contributed by atoms with Crippen LogP contribution in [-0.4, -0.2) is 40.0 Å². The third-order valence-corrected chi connectivity index (χ3v) is 4.96. The molecule has 1 fully saturated rings. The van der Waals surface area contributed by atoms with E-state index in [1.54, 1.807) is 13.0 Å². The second kappa shape index (κ2) is 7.14. The van der Waals surface area contributed by atoms with E-state index in [1.807, 2.05) is 12.1 Å². The van der Waals surface area contributed by atoms with Crippen molar-refractivity contribution in [2.75, 3.05) is 19.6 Å². The number of halogens is 1. The van der Waals surface area contributed by atoms with Crippen LogP contribution in [0.1, 0.15) is 27.3 Å². The van der Waals surface area contributed by atoms with Crippen molar-refractivity contribution in [3.8, 4) is 0 Å². The van der Waals surface area contributed by atoms with Gasteiger partial charge in [0.1, 0.15) is 10.7 Å². The summed E-state index contributed by atoms with van der Waals surface area (Å²) in [6.45, 7) is 4.83. The first-order chi connectivity index (χ1) is 11.1. The van der Waals surface area contributed by atoms with Crippen molar-refractivity contribution in [1.82, 2.24) is 19.8 Å². The minimum absolute atomic E-state index is 0.106. The number of nitrogens with one attached hydrogen (secondary N) is 1. The number of hydrogen-bond acceptors (Lipinski definition) is 5. The van der Waals surface area contributed by atoms with Crippen molar-refractivity contribution < 1.29 is 9.18 Å². The number of carbonyl (C=O) groups is 1. The van der Waals surface area contributed by atoms with Gasteiger partial charge < -0.3 is 5.32 Å². The minimum atomic E-state index is -0.155. The number of rotatable bonds is 5. The average molecular weight is 334 g/mol. The van der Waals surface area contributed by atoms with Crippen LogP contribution in [-0.2, 0) is 6.54 Å². The lowest BCUT2D eigenvalue weighted by Crippen LogP contribution is -2.31. The molecule has 2 aromatic rings. The maximum Gasteiger partial charge on any atom is 0.264 e. The third-order valence-electron chi connectivity index (χ3n) is 4.13. The molecule has 122 valence electrons. The number of carbonyl (C=O) groups excluding carboxylic acids is 1. The Labute approximate surface area is 138 Å². The molecule has 0 unspecified atom stereocenters. The number of aryl methyl sites for hydroxylation is 1. The van der Waals surface area contributed by atoms with Crippen LogP contribution in [0.15, 0.2) is 24.3 Å². The number of aromatic nitrogens is 2. The summed E-state index contributed by atoms with van der Waals surface area (Å²) >= 11 is 1.12. The normalized spacial score (nSPS) is 18.3. The van der Waals surface area contributed by atoms with E-state index in [0.29, 0.717) is 29.6 Å². The fourth-order valence-electron chi connectivity index (χ4n) is 2.85. The van der Waals surface area contributed by atoms with E-state index < -0.39 is 0 Å². The molecular formula is C16H19FN4OS. The summed E-state index contributed by atoms with van der Waals surface area (Å²) in [4.78, 5) is 14.9. The second-order valence-corrected chi connectivity index (χ2v) is 6.63. The molecule has 3 rings (SSSR count). The molecule has 0 bridgehead atoms. The number of benzene rings is 1. The lowest BCUT2D eigenvalue weighted by atomic mass is 10.1. The summed E-state index contributed by atoms with van der Waals surface area (Å²) in [5.74, 6) is 0.134. The van der Waals surface area contributed by atoms with Crippen molar-refractivity contribution >= 4 is 17.4 Å². The predicted molar refractivity (Wildman–Crippen MR) is 86.8 cm³/mol. The Morgan fingerprint density at radius 3 is 3.04 bits per heavy atom. The van der Waals surface area contributed by atoms with Gasteiger partial charge in [0.15, 0.2) is 0 Å². The number of likely N-dealkylation sites (tertiary alicyclic amines) is 1. The van der Waals surface area contributed by atoms with Crippen molar-refractivity contribution in [3.05, 3.63) is 46.2 Å². The van der Waals surface area contributed by atoms with E-state index in [9.17, 15) is 9.18 Å². The van der Waals surface area contributed by atoms with Crippen molar-refractivity contribution in [3.63, 3.8) is 0 Å². The van der Waals surface area contributed by atoms with Crippen LogP contribution in [0.4, 0.5) is 4.39 Å². The first-order valence-electron chi connectivity index (χ1n) is 7.66. The molecule has 1 aromatic heterocycles. The van der Waals surface area contributed by atoms with E-state index >= 15 is 0 Å². The molecule has 7 heteroatoms. The summed E-state index contributed by atoms with van der Waals surface area (Å²) in [6.07, 6.45) is 1.01. The Hall–Kier alpha value is -1.86. The maximum absolute atomic E-state index is 13.7. The fraction of sp³-hybridized carbons (Fsp3) is 0.438. The highest BCUT2D eigenvalue weighted by Gasteiger charge is 2.24. The zero-order valence-electron chi connectivity index (χ0n) is 13.0. The molecule has 23 heavy (non-hydrogen) atoms. The highest BCUT2D eigenvalue weighted by molar-refractivity contribution is 7.07. The van der Waals surface area contributed by atoms with Gasteiger partial charge in [0, 0.05) is 25.2 Å². The zero-order chi connectivity index (χ0) is 16.2. The maximum atomic E-state index is 13.7. The van der Waals surface area contributed by atoms with Crippen molar-refractivity contribution in [1.29, 1.82) is 0 Å². The molecule has 1 aliphatic heterocycles. The van der Waals surface area contributed by atoms with Gasteiger partial charge in [-0.15, -0.1) is 5.10 Å². The van der Waals surface area contributed by atoms with E-state index in [-0.39, 0.29) is 11.7 Å². The highest BCUT2D eigenvalue weighted by Crippen LogP contribution is 2.19. The Morgan fingerprint density at radius 2 is 2.30 bits per heavy atom. The molecule has 2 heterocycles. The molecule has 1 saturated heterocycles. The van der Waals surface area contributed by atoms with Gasteiger partial charge in [0.05, 0.1) is 5.69 Å². The Bertz CT molecular complexity index is 690. The van der Waals surface area contributed by atoms with Gasteiger partial charge in [-0.1, -0.05) is 22.7 Å². The van der Waals surface area contributed by atoms with Crippen LogP contribution in [0.5, 0.6) is 0 Å². The number of nitrogens with zero attached hydrogens (tertiary/aromatic N) is 3. The first-order valence-corrected chi connectivity index (χ1v) is 8.43. The summed E-state index contributed by atoms with van der Waals surface area (Å²) in [5.41, 5.74) is 1.39. The SMILES string of the molecule is Cc1nnsc1C(=O)NC[C@@H]1CCN(Cc2ccccc2F)C1. The molecule has 0 saturated carbocycles. The smallest absolute Gasteiger partial charge is 0.264 e. The molecule has 1 aromatic carbocycles. The molecule has 1 aliphatic rings. The zero-order valence-corrected chi connectivity index (χ0v) is 13.8. The Kier molecular flexibility index (Phi) is 4.97. The molecule has 0 aliphatic carbocycles. The van der Waals surface area contributed by atoms with Crippen LogP contribution in [0.25, 0.3) is 0 Å². The van der Waals surface area contributed by atoms with Crippen molar-refractivity contribution in [2.24, 2.45) is 5.92 Å². The Morgan fingerprint density at radius 1 is 1.48 bits per heavy atom. The summed E-state index contributed by atoms with van der Waals surface area (Å²) in [7, 11) is 0. The van der Waals surface area contributed by atoms with E-state index in [0.717, 1.165) is 36.6 Å². The molecule has 1 N–H and O–H groups in total. The van der Waals surface area contributed by atoms with Gasteiger partial charge in [-0.25, -0.2) is 4.39 Å². The predicted octanol–water partition coefficient (Wildman–Crippen LogP) is 2.24. The van der Waals surface area contributed by atoms with Crippen LogP contribution >= 0.6 is 11.5 Å². The lowest BCUT2D eigenvalue weighted by molar-refractivity contribution is 0.0950. The summed E-state index contributed by atoms with van der Waals surface area (Å²) < 4.78 is 17.5. The summed E-state index contributed by atoms with van der Waals surface area (Å²) in [6, 6.07) is 6.88. The lowest BCUT2D eigenvalue weighted by Gasteiger charge is -2.16. The van der Waals surface area contributed by atoms with Crippen LogP contribution in [0.3, 0.4) is 0 Å². The highest BCUT2D eigenvalue weighted by atomic mass is 32.1. The van der Waals surface area contributed by atoms with Crippen molar-refractivity contribution in [2.45, 2.75) is 19.9 Å². The molecule has 5 nitrogen and oxygen atoms in total. The number of hydrogen-bond donors (Lipinski definition) is 1. The van der Waals surface area contributed by atoms with Gasteiger partial charge in [0.2, 0.25) is 0 Å². The van der Waals surface area contributed by atoms with Crippen LogP contribution in [0, 0.1) is 18.7 Å². The third kappa shape index (κ3) is 3.92. The largest absolute Gasteiger partial charge is 0.351 e. The van der Waals surface area contributed by atoms with E-state index in [1.165, 1.54) is 6.07 Å². The van der Waals surface area contributed by atoms with E-state index in [2.05, 4.69) is 19.8 Å². The van der Waals surface area contributed by atoms with Crippen LogP contribution in [0.2, 0.25) is 0 Å².